The van der Waals surface area contributed by atoms with Gasteiger partial charge in [0.2, 0.25) is 5.91 Å². The maximum atomic E-state index is 12.5. The van der Waals surface area contributed by atoms with E-state index in [0.717, 1.165) is 25.7 Å². The van der Waals surface area contributed by atoms with E-state index in [0.29, 0.717) is 25.4 Å². The summed E-state index contributed by atoms with van der Waals surface area (Å²) >= 11 is 0. The highest BCUT2D eigenvalue weighted by molar-refractivity contribution is 5.85. The number of nitrogens with one attached hydrogen (secondary N) is 1. The van der Waals surface area contributed by atoms with Crippen molar-refractivity contribution in [2.24, 2.45) is 11.7 Å². The summed E-state index contributed by atoms with van der Waals surface area (Å²) < 4.78 is 5.53. The van der Waals surface area contributed by atoms with E-state index in [1.807, 2.05) is 44.2 Å². The molecule has 3 N–H and O–H groups in total. The SMILES string of the molecule is CCC(N)(CC)CNC(=O)C1CCCN(C(=O)COc2ccccc2)C1.Cl. The van der Waals surface area contributed by atoms with Gasteiger partial charge in [0.1, 0.15) is 5.75 Å². The Hall–Kier alpha value is -1.79. The van der Waals surface area contributed by atoms with Crippen LogP contribution in [-0.4, -0.2) is 48.5 Å². The largest absolute Gasteiger partial charge is 0.484 e. The molecule has 1 heterocycles. The number of likely N-dealkylation sites (tertiary alicyclic amines) is 1. The van der Waals surface area contributed by atoms with Crippen molar-refractivity contribution in [1.29, 1.82) is 0 Å². The molecule has 0 aromatic heterocycles. The van der Waals surface area contributed by atoms with Crippen LogP contribution in [0.4, 0.5) is 0 Å². The van der Waals surface area contributed by atoms with E-state index in [-0.39, 0.29) is 42.3 Å². The lowest BCUT2D eigenvalue weighted by Crippen LogP contribution is -2.52. The van der Waals surface area contributed by atoms with Crippen LogP contribution < -0.4 is 15.8 Å². The summed E-state index contributed by atoms with van der Waals surface area (Å²) in [7, 11) is 0. The van der Waals surface area contributed by atoms with E-state index in [1.165, 1.54) is 0 Å². The molecule has 1 unspecified atom stereocenters. The van der Waals surface area contributed by atoms with E-state index in [4.69, 9.17) is 10.5 Å². The van der Waals surface area contributed by atoms with Gasteiger partial charge < -0.3 is 20.7 Å². The van der Waals surface area contributed by atoms with E-state index in [1.54, 1.807) is 4.90 Å². The minimum atomic E-state index is -0.358. The Kier molecular flexibility index (Phi) is 9.60. The Morgan fingerprint density at radius 2 is 1.93 bits per heavy atom. The third-order valence-electron chi connectivity index (χ3n) is 5.27. The molecule has 152 valence electrons. The number of amides is 2. The molecule has 0 spiro atoms. The Labute approximate surface area is 168 Å². The minimum absolute atomic E-state index is 0. The van der Waals surface area contributed by atoms with Crippen molar-refractivity contribution in [2.45, 2.75) is 45.1 Å². The summed E-state index contributed by atoms with van der Waals surface area (Å²) in [6.07, 6.45) is 3.25. The predicted molar refractivity (Wildman–Crippen MR) is 109 cm³/mol. The lowest BCUT2D eigenvalue weighted by Gasteiger charge is -2.33. The van der Waals surface area contributed by atoms with E-state index in [9.17, 15) is 9.59 Å². The number of halogens is 1. The second-order valence-corrected chi connectivity index (χ2v) is 7.07. The molecule has 2 rings (SSSR count). The van der Waals surface area contributed by atoms with Crippen molar-refractivity contribution < 1.29 is 14.3 Å². The number of para-hydroxylation sites is 1. The Morgan fingerprint density at radius 1 is 1.26 bits per heavy atom. The van der Waals surface area contributed by atoms with Crippen molar-refractivity contribution in [3.05, 3.63) is 30.3 Å². The average molecular weight is 398 g/mol. The summed E-state index contributed by atoms with van der Waals surface area (Å²) in [5, 5.41) is 2.98. The molecule has 0 aliphatic carbocycles. The maximum Gasteiger partial charge on any atom is 0.260 e. The number of hydrogen-bond acceptors (Lipinski definition) is 4. The van der Waals surface area contributed by atoms with Crippen LogP contribution >= 0.6 is 12.4 Å². The monoisotopic (exact) mass is 397 g/mol. The van der Waals surface area contributed by atoms with Crippen LogP contribution in [-0.2, 0) is 9.59 Å². The van der Waals surface area contributed by atoms with Crippen molar-refractivity contribution in [2.75, 3.05) is 26.2 Å². The van der Waals surface area contributed by atoms with Gasteiger partial charge in [-0.2, -0.15) is 0 Å². The second kappa shape index (κ2) is 11.1. The fraction of sp³-hybridized carbons (Fsp3) is 0.600. The van der Waals surface area contributed by atoms with E-state index in [2.05, 4.69) is 5.32 Å². The zero-order chi connectivity index (χ0) is 19.0. The molecule has 1 aromatic carbocycles. The first kappa shape index (κ1) is 23.2. The zero-order valence-electron chi connectivity index (χ0n) is 16.3. The van der Waals surface area contributed by atoms with Crippen LogP contribution in [0, 0.1) is 5.92 Å². The van der Waals surface area contributed by atoms with Gasteiger partial charge in [-0.1, -0.05) is 32.0 Å². The summed E-state index contributed by atoms with van der Waals surface area (Å²) in [6, 6.07) is 9.27. The first-order valence-electron chi connectivity index (χ1n) is 9.49. The van der Waals surface area contributed by atoms with Crippen LogP contribution in [0.3, 0.4) is 0 Å². The normalized spacial score (nSPS) is 17.0. The Balaban J connectivity index is 0.00000364. The highest BCUT2D eigenvalue weighted by atomic mass is 35.5. The zero-order valence-corrected chi connectivity index (χ0v) is 17.1. The first-order chi connectivity index (χ1) is 12.5. The molecule has 1 aromatic rings. The van der Waals surface area contributed by atoms with Gasteiger partial charge in [-0.25, -0.2) is 0 Å². The van der Waals surface area contributed by atoms with Crippen molar-refractivity contribution >= 4 is 24.2 Å². The Bertz CT molecular complexity index is 593. The third-order valence-corrected chi connectivity index (χ3v) is 5.27. The number of hydrogen-bond donors (Lipinski definition) is 2. The quantitative estimate of drug-likeness (QED) is 0.705. The molecule has 27 heavy (non-hydrogen) atoms. The molecule has 6 nitrogen and oxygen atoms in total. The van der Waals surface area contributed by atoms with Crippen molar-refractivity contribution in [1.82, 2.24) is 10.2 Å². The second-order valence-electron chi connectivity index (χ2n) is 7.07. The van der Waals surface area contributed by atoms with Crippen molar-refractivity contribution in [3.63, 3.8) is 0 Å². The van der Waals surface area contributed by atoms with Gasteiger partial charge in [0.15, 0.2) is 6.61 Å². The summed E-state index contributed by atoms with van der Waals surface area (Å²) in [5.41, 5.74) is 5.89. The van der Waals surface area contributed by atoms with E-state index < -0.39 is 0 Å². The predicted octanol–water partition coefficient (Wildman–Crippen LogP) is 2.36. The molecule has 0 bridgehead atoms. The van der Waals surface area contributed by atoms with Gasteiger partial charge in [-0.05, 0) is 37.8 Å². The third kappa shape index (κ3) is 7.03. The maximum absolute atomic E-state index is 12.5. The van der Waals surface area contributed by atoms with Gasteiger partial charge in [0.25, 0.3) is 5.91 Å². The first-order valence-corrected chi connectivity index (χ1v) is 9.49. The molecular weight excluding hydrogens is 366 g/mol. The highest BCUT2D eigenvalue weighted by Gasteiger charge is 2.30. The summed E-state index contributed by atoms with van der Waals surface area (Å²) in [5.74, 6) is 0.401. The fourth-order valence-corrected chi connectivity index (χ4v) is 3.08. The standard InChI is InChI=1S/C20H31N3O3.ClH/c1-3-20(21,4-2)15-22-19(25)16-9-8-12-23(13-16)18(24)14-26-17-10-6-5-7-11-17;/h5-7,10-11,16H,3-4,8-9,12-15,21H2,1-2H3,(H,22,25);1H. The number of ether oxygens (including phenoxy) is 1. The number of carbonyl (C=O) groups is 2. The van der Waals surface area contributed by atoms with Crippen LogP contribution in [0.5, 0.6) is 5.75 Å². The number of rotatable bonds is 8. The summed E-state index contributed by atoms with van der Waals surface area (Å²) in [4.78, 5) is 26.6. The highest BCUT2D eigenvalue weighted by Crippen LogP contribution is 2.18. The minimum Gasteiger partial charge on any atom is -0.484 e. The number of piperidine rings is 1. The molecule has 1 atom stereocenters. The van der Waals surface area contributed by atoms with Crippen LogP contribution in [0.1, 0.15) is 39.5 Å². The smallest absolute Gasteiger partial charge is 0.260 e. The van der Waals surface area contributed by atoms with Gasteiger partial charge >= 0.3 is 0 Å². The van der Waals surface area contributed by atoms with Gasteiger partial charge in [-0.15, -0.1) is 12.4 Å². The molecule has 1 fully saturated rings. The van der Waals surface area contributed by atoms with E-state index >= 15 is 0 Å². The van der Waals surface area contributed by atoms with Crippen LogP contribution in [0.15, 0.2) is 30.3 Å². The lowest BCUT2D eigenvalue weighted by atomic mass is 9.93. The number of carbonyl (C=O) groups excluding carboxylic acids is 2. The lowest BCUT2D eigenvalue weighted by molar-refractivity contribution is -0.137. The topological polar surface area (TPSA) is 84.7 Å². The summed E-state index contributed by atoms with van der Waals surface area (Å²) in [6.45, 7) is 5.65. The Morgan fingerprint density at radius 3 is 2.56 bits per heavy atom. The molecule has 0 radical (unpaired) electrons. The number of nitrogens with zero attached hydrogens (tertiary/aromatic N) is 1. The molecule has 1 aliphatic rings. The van der Waals surface area contributed by atoms with Gasteiger partial charge in [-0.3, -0.25) is 9.59 Å². The van der Waals surface area contributed by atoms with Gasteiger partial charge in [0, 0.05) is 25.2 Å². The molecule has 0 saturated carbocycles. The molecule has 1 saturated heterocycles. The molecule has 2 amide bonds. The fourth-order valence-electron chi connectivity index (χ4n) is 3.08. The van der Waals surface area contributed by atoms with Gasteiger partial charge in [0.05, 0.1) is 5.92 Å². The van der Waals surface area contributed by atoms with Crippen molar-refractivity contribution in [3.8, 4) is 5.75 Å². The number of nitrogens with two attached hydrogens (primary N) is 1. The average Bonchev–Trinajstić information content (AvgIpc) is 2.70. The molecule has 7 heteroatoms. The van der Waals surface area contributed by atoms with Crippen LogP contribution in [0.25, 0.3) is 0 Å². The molecular formula is C20H32ClN3O3. The number of benzene rings is 1. The molecule has 1 aliphatic heterocycles. The van der Waals surface area contributed by atoms with Crippen LogP contribution in [0.2, 0.25) is 0 Å².